The van der Waals surface area contributed by atoms with Gasteiger partial charge < -0.3 is 4.74 Å². The van der Waals surface area contributed by atoms with Crippen molar-refractivity contribution in [3.63, 3.8) is 0 Å². The summed E-state index contributed by atoms with van der Waals surface area (Å²) in [6.45, 7) is 1.19. The first-order valence-electron chi connectivity index (χ1n) is 3.75. The number of hydrogen-bond donors (Lipinski definition) is 0. The van der Waals surface area contributed by atoms with E-state index in [4.69, 9.17) is 0 Å². The molecule has 14 heavy (non-hydrogen) atoms. The van der Waals surface area contributed by atoms with Crippen LogP contribution in [0.25, 0.3) is 0 Å². The lowest BCUT2D eigenvalue weighted by molar-refractivity contribution is -0.284. The predicted molar refractivity (Wildman–Crippen MR) is 44.5 cm³/mol. The number of thiocarbonyl (C=S) groups is 1. The second kappa shape index (κ2) is 4.86. The Kier molecular flexibility index (Phi) is 4.70. The van der Waals surface area contributed by atoms with Crippen molar-refractivity contribution in [2.45, 2.75) is 31.9 Å². The highest BCUT2D eigenvalue weighted by molar-refractivity contribution is 7.80. The van der Waals surface area contributed by atoms with Crippen molar-refractivity contribution in [1.29, 1.82) is 0 Å². The number of ether oxygens (including phenoxy) is 1. The van der Waals surface area contributed by atoms with Crippen LogP contribution in [0.1, 0.15) is 19.8 Å². The van der Waals surface area contributed by atoms with E-state index in [-0.39, 0.29) is 18.1 Å². The fraction of sp³-hybridized carbons (Fsp3) is 0.857. The Morgan fingerprint density at radius 3 is 2.07 bits per heavy atom. The standard InChI is InChI=1S/C7H9F5OS/c1-5(14)13-4-2-3-6(8,9)7(10,11)12/h2-4H2,1H3. The first-order valence-corrected chi connectivity index (χ1v) is 4.15. The van der Waals surface area contributed by atoms with Gasteiger partial charge in [-0.2, -0.15) is 22.0 Å². The Morgan fingerprint density at radius 1 is 1.21 bits per heavy atom. The average Bonchev–Trinajstić information content (AvgIpc) is 1.95. The summed E-state index contributed by atoms with van der Waals surface area (Å²) in [5.41, 5.74) is 0. The van der Waals surface area contributed by atoms with Crippen LogP contribution in [0.5, 0.6) is 0 Å². The van der Waals surface area contributed by atoms with Crippen LogP contribution in [-0.2, 0) is 4.74 Å². The predicted octanol–water partition coefficient (Wildman–Crippen LogP) is 3.33. The molecule has 0 radical (unpaired) electrons. The quantitative estimate of drug-likeness (QED) is 0.420. The monoisotopic (exact) mass is 236 g/mol. The van der Waals surface area contributed by atoms with Gasteiger partial charge in [-0.15, -0.1) is 0 Å². The topological polar surface area (TPSA) is 9.23 Å². The first-order chi connectivity index (χ1) is 6.17. The zero-order valence-corrected chi connectivity index (χ0v) is 8.14. The molecule has 7 heteroatoms. The van der Waals surface area contributed by atoms with Gasteiger partial charge in [0.25, 0.3) is 0 Å². The van der Waals surface area contributed by atoms with E-state index in [0.29, 0.717) is 0 Å². The molecule has 84 valence electrons. The van der Waals surface area contributed by atoms with Gasteiger partial charge in [-0.1, -0.05) is 0 Å². The highest BCUT2D eigenvalue weighted by Crippen LogP contribution is 2.38. The van der Waals surface area contributed by atoms with Crippen molar-refractivity contribution in [3.05, 3.63) is 0 Å². The first kappa shape index (κ1) is 13.5. The highest BCUT2D eigenvalue weighted by Gasteiger charge is 2.56. The molecule has 0 aromatic heterocycles. The molecule has 0 saturated heterocycles. The Bertz CT molecular complexity index is 201. The van der Waals surface area contributed by atoms with E-state index in [1.807, 2.05) is 0 Å². The molecule has 0 aromatic rings. The van der Waals surface area contributed by atoms with Gasteiger partial charge in [0.2, 0.25) is 0 Å². The van der Waals surface area contributed by atoms with Crippen LogP contribution in [0.3, 0.4) is 0 Å². The maximum atomic E-state index is 12.2. The van der Waals surface area contributed by atoms with E-state index in [1.165, 1.54) is 6.92 Å². The van der Waals surface area contributed by atoms with Crippen molar-refractivity contribution < 1.29 is 26.7 Å². The van der Waals surface area contributed by atoms with Crippen LogP contribution < -0.4 is 0 Å². The molecule has 0 saturated carbocycles. The Hall–Kier alpha value is -0.460. The van der Waals surface area contributed by atoms with E-state index < -0.39 is 18.5 Å². The van der Waals surface area contributed by atoms with E-state index in [1.54, 1.807) is 0 Å². The second-order valence-electron chi connectivity index (χ2n) is 2.65. The molecule has 0 amide bonds. The summed E-state index contributed by atoms with van der Waals surface area (Å²) in [5, 5.41) is 0.125. The molecule has 0 spiro atoms. The lowest BCUT2D eigenvalue weighted by Crippen LogP contribution is -2.36. The van der Waals surface area contributed by atoms with Crippen LogP contribution in [0.4, 0.5) is 22.0 Å². The van der Waals surface area contributed by atoms with Crippen molar-refractivity contribution in [1.82, 2.24) is 0 Å². The number of hydrogen-bond acceptors (Lipinski definition) is 2. The smallest absolute Gasteiger partial charge is 0.453 e. The summed E-state index contributed by atoms with van der Waals surface area (Å²) >= 11 is 4.44. The maximum absolute atomic E-state index is 12.2. The van der Waals surface area contributed by atoms with E-state index in [0.717, 1.165) is 0 Å². The van der Waals surface area contributed by atoms with Crippen LogP contribution in [0.2, 0.25) is 0 Å². The molecule has 0 heterocycles. The molecule has 0 N–H and O–H groups in total. The van der Waals surface area contributed by atoms with E-state index >= 15 is 0 Å². The third kappa shape index (κ3) is 4.69. The molecule has 0 aliphatic rings. The molecule has 0 atom stereocenters. The normalized spacial score (nSPS) is 12.7. The van der Waals surface area contributed by atoms with Crippen LogP contribution >= 0.6 is 12.2 Å². The van der Waals surface area contributed by atoms with E-state index in [9.17, 15) is 22.0 Å². The van der Waals surface area contributed by atoms with Gasteiger partial charge in [-0.25, -0.2) is 0 Å². The lowest BCUT2D eigenvalue weighted by atomic mass is 10.2. The van der Waals surface area contributed by atoms with Gasteiger partial charge in [0.05, 0.1) is 6.61 Å². The van der Waals surface area contributed by atoms with Crippen molar-refractivity contribution in [2.24, 2.45) is 0 Å². The molecule has 0 aromatic carbocycles. The second-order valence-corrected chi connectivity index (χ2v) is 3.22. The van der Waals surface area contributed by atoms with Crippen LogP contribution in [-0.4, -0.2) is 23.8 Å². The molecular formula is C7H9F5OS. The molecule has 0 bridgehead atoms. The zero-order valence-electron chi connectivity index (χ0n) is 7.33. The summed E-state index contributed by atoms with van der Waals surface area (Å²) in [6.07, 6.45) is -7.15. The van der Waals surface area contributed by atoms with Gasteiger partial charge in [-0.3, -0.25) is 0 Å². The lowest BCUT2D eigenvalue weighted by Gasteiger charge is -2.19. The SMILES string of the molecule is CC(=S)OCCCC(F)(F)C(F)(F)F. The maximum Gasteiger partial charge on any atom is 0.453 e. The molecule has 0 unspecified atom stereocenters. The summed E-state index contributed by atoms with van der Waals surface area (Å²) in [6, 6.07) is 0. The highest BCUT2D eigenvalue weighted by atomic mass is 32.1. The van der Waals surface area contributed by atoms with Gasteiger partial charge >= 0.3 is 12.1 Å². The van der Waals surface area contributed by atoms with Gasteiger partial charge in [0.15, 0.2) is 5.05 Å². The van der Waals surface area contributed by atoms with Crippen LogP contribution in [0, 0.1) is 0 Å². The molecular weight excluding hydrogens is 227 g/mol. The number of halogens is 5. The fourth-order valence-corrected chi connectivity index (χ4v) is 0.735. The molecule has 0 aliphatic carbocycles. The van der Waals surface area contributed by atoms with Crippen molar-refractivity contribution >= 4 is 17.3 Å². The molecule has 1 nitrogen and oxygen atoms in total. The third-order valence-electron chi connectivity index (χ3n) is 1.36. The largest absolute Gasteiger partial charge is 0.487 e. The van der Waals surface area contributed by atoms with Crippen molar-refractivity contribution in [3.8, 4) is 0 Å². The van der Waals surface area contributed by atoms with E-state index in [2.05, 4.69) is 17.0 Å². The average molecular weight is 236 g/mol. The van der Waals surface area contributed by atoms with Gasteiger partial charge in [0, 0.05) is 13.3 Å². The van der Waals surface area contributed by atoms with Crippen LogP contribution in [0.15, 0.2) is 0 Å². The summed E-state index contributed by atoms with van der Waals surface area (Å²) < 4.78 is 63.9. The summed E-state index contributed by atoms with van der Waals surface area (Å²) in [5.74, 6) is -4.65. The summed E-state index contributed by atoms with van der Waals surface area (Å²) in [7, 11) is 0. The molecule has 0 aliphatic heterocycles. The zero-order chi connectivity index (χ0) is 11.4. The minimum Gasteiger partial charge on any atom is -0.487 e. The molecule has 0 rings (SSSR count). The third-order valence-corrected chi connectivity index (χ3v) is 1.47. The Morgan fingerprint density at radius 2 is 1.71 bits per heavy atom. The minimum atomic E-state index is -5.49. The number of rotatable bonds is 4. The molecule has 0 fully saturated rings. The summed E-state index contributed by atoms with van der Waals surface area (Å²) in [4.78, 5) is 0. The Labute approximate surface area is 83.2 Å². The minimum absolute atomic E-state index is 0.125. The number of alkyl halides is 5. The van der Waals surface area contributed by atoms with Gasteiger partial charge in [-0.05, 0) is 18.6 Å². The van der Waals surface area contributed by atoms with Gasteiger partial charge in [0.1, 0.15) is 0 Å². The fourth-order valence-electron chi connectivity index (χ4n) is 0.652. The van der Waals surface area contributed by atoms with Crippen molar-refractivity contribution in [2.75, 3.05) is 6.61 Å². The Balaban J connectivity index is 3.83.